The maximum absolute atomic E-state index is 11.9. The Labute approximate surface area is 85.4 Å². The van der Waals surface area contributed by atoms with Crippen LogP contribution in [-0.4, -0.2) is 35.1 Å². The molecule has 1 heterocycles. The highest BCUT2D eigenvalue weighted by molar-refractivity contribution is 5.93. The molecule has 0 spiro atoms. The van der Waals surface area contributed by atoms with E-state index in [0.29, 0.717) is 0 Å². The van der Waals surface area contributed by atoms with Gasteiger partial charge in [-0.2, -0.15) is 0 Å². The van der Waals surface area contributed by atoms with Crippen molar-refractivity contribution in [3.8, 4) is 0 Å². The molecule has 0 aromatic heterocycles. The summed E-state index contributed by atoms with van der Waals surface area (Å²) in [6.07, 6.45) is 4.77. The predicted molar refractivity (Wildman–Crippen MR) is 55.9 cm³/mol. The zero-order valence-corrected chi connectivity index (χ0v) is 8.99. The summed E-state index contributed by atoms with van der Waals surface area (Å²) in [5.74, 6) is 0.0865. The van der Waals surface area contributed by atoms with Crippen LogP contribution < -0.4 is 0 Å². The quantitative estimate of drug-likeness (QED) is 0.693. The molecule has 1 amide bonds. The normalized spacial score (nSPS) is 22.9. The fraction of sp³-hybridized carbons (Fsp3) is 0.727. The van der Waals surface area contributed by atoms with Crippen molar-refractivity contribution in [1.29, 1.82) is 0 Å². The van der Waals surface area contributed by atoms with Crippen LogP contribution in [0.5, 0.6) is 0 Å². The fourth-order valence-electron chi connectivity index (χ4n) is 1.91. The number of allylic oxidation sites excluding steroid dienone is 1. The molecule has 1 aliphatic rings. The van der Waals surface area contributed by atoms with Gasteiger partial charge in [0.2, 0.25) is 5.91 Å². The van der Waals surface area contributed by atoms with Crippen molar-refractivity contribution in [2.75, 3.05) is 13.2 Å². The van der Waals surface area contributed by atoms with Crippen molar-refractivity contribution in [1.82, 2.24) is 4.90 Å². The SMILES string of the molecule is CCC=C(C)C(=O)N1CCCC1CO. The molecule has 1 saturated heterocycles. The lowest BCUT2D eigenvalue weighted by atomic mass is 10.2. The molecular formula is C11H19NO2. The zero-order valence-electron chi connectivity index (χ0n) is 8.99. The monoisotopic (exact) mass is 197 g/mol. The Morgan fingerprint density at radius 1 is 1.64 bits per heavy atom. The summed E-state index contributed by atoms with van der Waals surface area (Å²) in [5.41, 5.74) is 0.799. The van der Waals surface area contributed by atoms with Crippen LogP contribution in [-0.2, 0) is 4.79 Å². The molecule has 0 bridgehead atoms. The van der Waals surface area contributed by atoms with Gasteiger partial charge in [0.15, 0.2) is 0 Å². The lowest BCUT2D eigenvalue weighted by Gasteiger charge is -2.23. The Morgan fingerprint density at radius 3 is 2.93 bits per heavy atom. The molecule has 0 aromatic carbocycles. The van der Waals surface area contributed by atoms with Crippen molar-refractivity contribution < 1.29 is 9.90 Å². The molecule has 0 aromatic rings. The van der Waals surface area contributed by atoms with Gasteiger partial charge < -0.3 is 10.0 Å². The third kappa shape index (κ3) is 2.35. The van der Waals surface area contributed by atoms with Gasteiger partial charge in [0.1, 0.15) is 0 Å². The molecule has 3 nitrogen and oxygen atoms in total. The van der Waals surface area contributed by atoms with E-state index in [1.807, 2.05) is 19.9 Å². The van der Waals surface area contributed by atoms with Crippen LogP contribution in [0.2, 0.25) is 0 Å². The minimum atomic E-state index is 0.0442. The number of rotatable bonds is 3. The number of carbonyl (C=O) groups excluding carboxylic acids is 1. The zero-order chi connectivity index (χ0) is 10.6. The van der Waals surface area contributed by atoms with Gasteiger partial charge in [-0.15, -0.1) is 0 Å². The molecule has 0 aliphatic carbocycles. The second-order valence-electron chi connectivity index (χ2n) is 3.77. The molecule has 1 unspecified atom stereocenters. The van der Waals surface area contributed by atoms with Gasteiger partial charge in [-0.05, 0) is 26.2 Å². The van der Waals surface area contributed by atoms with Gasteiger partial charge in [0.25, 0.3) is 0 Å². The van der Waals surface area contributed by atoms with Crippen molar-refractivity contribution in [3.63, 3.8) is 0 Å². The second kappa shape index (κ2) is 5.15. The number of hydrogen-bond acceptors (Lipinski definition) is 2. The molecular weight excluding hydrogens is 178 g/mol. The van der Waals surface area contributed by atoms with E-state index >= 15 is 0 Å². The van der Waals surface area contributed by atoms with Gasteiger partial charge >= 0.3 is 0 Å². The third-order valence-corrected chi connectivity index (χ3v) is 2.70. The van der Waals surface area contributed by atoms with Gasteiger partial charge in [-0.1, -0.05) is 13.0 Å². The Hall–Kier alpha value is -0.830. The summed E-state index contributed by atoms with van der Waals surface area (Å²) in [6.45, 7) is 4.74. The average molecular weight is 197 g/mol. The molecule has 1 rings (SSSR count). The maximum atomic E-state index is 11.9. The number of nitrogens with zero attached hydrogens (tertiary/aromatic N) is 1. The summed E-state index contributed by atoms with van der Waals surface area (Å²) < 4.78 is 0. The van der Waals surface area contributed by atoms with Gasteiger partial charge in [0, 0.05) is 12.1 Å². The third-order valence-electron chi connectivity index (χ3n) is 2.70. The number of carbonyl (C=O) groups is 1. The molecule has 0 saturated carbocycles. The highest BCUT2D eigenvalue weighted by Crippen LogP contribution is 2.19. The molecule has 1 atom stereocenters. The smallest absolute Gasteiger partial charge is 0.249 e. The van der Waals surface area contributed by atoms with E-state index < -0.39 is 0 Å². The summed E-state index contributed by atoms with van der Waals surface area (Å²) in [5, 5.41) is 9.08. The van der Waals surface area contributed by atoms with Gasteiger partial charge in [0.05, 0.1) is 12.6 Å². The van der Waals surface area contributed by atoms with Crippen LogP contribution in [0.3, 0.4) is 0 Å². The van der Waals surface area contributed by atoms with E-state index in [0.717, 1.165) is 31.4 Å². The molecule has 1 N–H and O–H groups in total. The minimum Gasteiger partial charge on any atom is -0.394 e. The predicted octanol–water partition coefficient (Wildman–Crippen LogP) is 1.33. The Kier molecular flexibility index (Phi) is 4.14. The fourth-order valence-corrected chi connectivity index (χ4v) is 1.91. The highest BCUT2D eigenvalue weighted by Gasteiger charge is 2.28. The first-order valence-electron chi connectivity index (χ1n) is 5.29. The first kappa shape index (κ1) is 11.2. The van der Waals surface area contributed by atoms with Gasteiger partial charge in [-0.3, -0.25) is 4.79 Å². The van der Waals surface area contributed by atoms with Crippen LogP contribution in [0.1, 0.15) is 33.1 Å². The first-order chi connectivity index (χ1) is 6.70. The van der Waals surface area contributed by atoms with Crippen LogP contribution in [0, 0.1) is 0 Å². The number of hydrogen-bond donors (Lipinski definition) is 1. The topological polar surface area (TPSA) is 40.5 Å². The van der Waals surface area contributed by atoms with Crippen LogP contribution in [0.25, 0.3) is 0 Å². The molecule has 80 valence electrons. The number of aliphatic hydroxyl groups is 1. The highest BCUT2D eigenvalue weighted by atomic mass is 16.3. The summed E-state index contributed by atoms with van der Waals surface area (Å²) in [6, 6.07) is 0.0442. The first-order valence-corrected chi connectivity index (χ1v) is 5.29. The molecule has 0 radical (unpaired) electrons. The summed E-state index contributed by atoms with van der Waals surface area (Å²) >= 11 is 0. The maximum Gasteiger partial charge on any atom is 0.249 e. The number of aliphatic hydroxyl groups excluding tert-OH is 1. The van der Waals surface area contributed by atoms with Crippen molar-refractivity contribution in [2.45, 2.75) is 39.2 Å². The number of likely N-dealkylation sites (tertiary alicyclic amines) is 1. The van der Waals surface area contributed by atoms with Crippen LogP contribution in [0.4, 0.5) is 0 Å². The Bertz CT molecular complexity index is 235. The van der Waals surface area contributed by atoms with Crippen LogP contribution in [0.15, 0.2) is 11.6 Å². The average Bonchev–Trinajstić information content (AvgIpc) is 2.64. The standard InChI is InChI=1S/C11H19NO2/c1-3-5-9(2)11(14)12-7-4-6-10(12)8-13/h5,10,13H,3-4,6-8H2,1-2H3. The second-order valence-corrected chi connectivity index (χ2v) is 3.77. The molecule has 1 fully saturated rings. The van der Waals surface area contributed by atoms with E-state index in [9.17, 15) is 4.79 Å². The van der Waals surface area contributed by atoms with Gasteiger partial charge in [-0.25, -0.2) is 0 Å². The lowest BCUT2D eigenvalue weighted by Crippen LogP contribution is -2.38. The van der Waals surface area contributed by atoms with E-state index in [-0.39, 0.29) is 18.6 Å². The molecule has 3 heteroatoms. The minimum absolute atomic E-state index is 0.0442. The van der Waals surface area contributed by atoms with Crippen molar-refractivity contribution in [3.05, 3.63) is 11.6 Å². The van der Waals surface area contributed by atoms with Crippen molar-refractivity contribution in [2.24, 2.45) is 0 Å². The Morgan fingerprint density at radius 2 is 2.36 bits per heavy atom. The molecule has 14 heavy (non-hydrogen) atoms. The summed E-state index contributed by atoms with van der Waals surface area (Å²) in [7, 11) is 0. The van der Waals surface area contributed by atoms with Crippen LogP contribution >= 0.6 is 0 Å². The lowest BCUT2D eigenvalue weighted by molar-refractivity contribution is -0.128. The summed E-state index contributed by atoms with van der Waals surface area (Å²) in [4.78, 5) is 13.6. The number of amides is 1. The van der Waals surface area contributed by atoms with E-state index in [1.165, 1.54) is 0 Å². The van der Waals surface area contributed by atoms with E-state index in [4.69, 9.17) is 5.11 Å². The van der Waals surface area contributed by atoms with E-state index in [1.54, 1.807) is 4.90 Å². The largest absolute Gasteiger partial charge is 0.394 e. The van der Waals surface area contributed by atoms with Crippen molar-refractivity contribution >= 4 is 5.91 Å². The molecule has 1 aliphatic heterocycles. The Balaban J connectivity index is 2.64. The van der Waals surface area contributed by atoms with E-state index in [2.05, 4.69) is 0 Å².